The highest BCUT2D eigenvalue weighted by Crippen LogP contribution is 2.21. The standard InChI is InChI=1S/C12H16ClN3/c1-8(7-14)6-11-9(2)15-12-10(13)4-3-5-16(11)12/h3-5,8H,6-7,14H2,1-2H3. The molecule has 1 atom stereocenters. The predicted molar refractivity (Wildman–Crippen MR) is 66.9 cm³/mol. The summed E-state index contributed by atoms with van der Waals surface area (Å²) in [5, 5.41) is 0.692. The molecule has 0 saturated heterocycles. The van der Waals surface area contributed by atoms with Crippen LogP contribution in [0.5, 0.6) is 0 Å². The Morgan fingerprint density at radius 1 is 1.56 bits per heavy atom. The third kappa shape index (κ3) is 1.93. The fourth-order valence-corrected chi connectivity index (χ4v) is 2.06. The van der Waals surface area contributed by atoms with Crippen molar-refractivity contribution >= 4 is 17.2 Å². The van der Waals surface area contributed by atoms with Crippen LogP contribution in [0.3, 0.4) is 0 Å². The molecule has 4 heteroatoms. The molecule has 2 aromatic heterocycles. The van der Waals surface area contributed by atoms with E-state index in [1.54, 1.807) is 0 Å². The van der Waals surface area contributed by atoms with E-state index in [4.69, 9.17) is 17.3 Å². The van der Waals surface area contributed by atoms with Crippen molar-refractivity contribution < 1.29 is 0 Å². The lowest BCUT2D eigenvalue weighted by Crippen LogP contribution is -2.14. The molecule has 1 unspecified atom stereocenters. The van der Waals surface area contributed by atoms with E-state index in [-0.39, 0.29) is 0 Å². The number of pyridine rings is 1. The third-order valence-electron chi connectivity index (χ3n) is 2.85. The monoisotopic (exact) mass is 237 g/mol. The Labute approximate surface area is 100 Å². The molecule has 0 bridgehead atoms. The maximum atomic E-state index is 6.10. The highest BCUT2D eigenvalue weighted by Gasteiger charge is 2.12. The normalized spacial score (nSPS) is 13.2. The highest BCUT2D eigenvalue weighted by molar-refractivity contribution is 6.33. The maximum Gasteiger partial charge on any atom is 0.156 e. The van der Waals surface area contributed by atoms with E-state index < -0.39 is 0 Å². The van der Waals surface area contributed by atoms with Crippen LogP contribution in [-0.4, -0.2) is 15.9 Å². The number of nitrogens with two attached hydrogens (primary N) is 1. The van der Waals surface area contributed by atoms with E-state index in [1.165, 1.54) is 5.69 Å². The first-order valence-corrected chi connectivity index (χ1v) is 5.83. The van der Waals surface area contributed by atoms with Gasteiger partial charge in [0.15, 0.2) is 5.65 Å². The minimum absolute atomic E-state index is 0.456. The maximum absolute atomic E-state index is 6.10. The lowest BCUT2D eigenvalue weighted by atomic mass is 10.1. The summed E-state index contributed by atoms with van der Waals surface area (Å²) < 4.78 is 2.06. The van der Waals surface area contributed by atoms with E-state index >= 15 is 0 Å². The topological polar surface area (TPSA) is 43.3 Å². The summed E-state index contributed by atoms with van der Waals surface area (Å²) in [7, 11) is 0. The van der Waals surface area contributed by atoms with Crippen LogP contribution < -0.4 is 5.73 Å². The number of hydrogen-bond donors (Lipinski definition) is 1. The van der Waals surface area contributed by atoms with Gasteiger partial charge in [0.2, 0.25) is 0 Å². The molecule has 0 radical (unpaired) electrons. The molecule has 2 heterocycles. The Morgan fingerprint density at radius 2 is 2.31 bits per heavy atom. The van der Waals surface area contributed by atoms with Gasteiger partial charge < -0.3 is 10.1 Å². The van der Waals surface area contributed by atoms with Gasteiger partial charge >= 0.3 is 0 Å². The number of nitrogens with zero attached hydrogens (tertiary/aromatic N) is 2. The van der Waals surface area contributed by atoms with Crippen LogP contribution in [-0.2, 0) is 6.42 Å². The SMILES string of the molecule is Cc1nc2c(Cl)cccn2c1CC(C)CN. The van der Waals surface area contributed by atoms with Crippen molar-refractivity contribution in [1.29, 1.82) is 0 Å². The molecule has 0 spiro atoms. The van der Waals surface area contributed by atoms with Gasteiger partial charge in [0.25, 0.3) is 0 Å². The number of hydrogen-bond acceptors (Lipinski definition) is 2. The average Bonchev–Trinajstić information content (AvgIpc) is 2.58. The minimum atomic E-state index is 0.456. The van der Waals surface area contributed by atoms with Crippen molar-refractivity contribution in [3.63, 3.8) is 0 Å². The average molecular weight is 238 g/mol. The molecule has 0 aromatic carbocycles. The zero-order valence-corrected chi connectivity index (χ0v) is 10.3. The number of fused-ring (bicyclic) bond motifs is 1. The smallest absolute Gasteiger partial charge is 0.156 e. The van der Waals surface area contributed by atoms with Gasteiger partial charge in [-0.15, -0.1) is 0 Å². The summed E-state index contributed by atoms with van der Waals surface area (Å²) in [6.45, 7) is 4.85. The van der Waals surface area contributed by atoms with Gasteiger partial charge in [-0.05, 0) is 37.9 Å². The Bertz CT molecular complexity index is 504. The zero-order chi connectivity index (χ0) is 11.7. The van der Waals surface area contributed by atoms with Crippen LogP contribution in [0.2, 0.25) is 5.02 Å². The number of halogens is 1. The number of aryl methyl sites for hydroxylation is 1. The second kappa shape index (κ2) is 4.44. The number of imidazole rings is 1. The molecule has 2 aromatic rings. The zero-order valence-electron chi connectivity index (χ0n) is 9.57. The Kier molecular flexibility index (Phi) is 3.17. The van der Waals surface area contributed by atoms with Crippen LogP contribution in [0.25, 0.3) is 5.65 Å². The Balaban J connectivity index is 2.52. The van der Waals surface area contributed by atoms with Crippen LogP contribution in [0.4, 0.5) is 0 Å². The molecule has 0 aliphatic rings. The van der Waals surface area contributed by atoms with Gasteiger partial charge in [-0.3, -0.25) is 0 Å². The van der Waals surface area contributed by atoms with Gasteiger partial charge in [0, 0.05) is 11.9 Å². The van der Waals surface area contributed by atoms with Crippen LogP contribution in [0, 0.1) is 12.8 Å². The largest absolute Gasteiger partial charge is 0.330 e. The van der Waals surface area contributed by atoms with Crippen molar-refractivity contribution in [3.8, 4) is 0 Å². The van der Waals surface area contributed by atoms with E-state index in [2.05, 4.69) is 16.3 Å². The third-order valence-corrected chi connectivity index (χ3v) is 3.14. The van der Waals surface area contributed by atoms with Crippen molar-refractivity contribution in [2.45, 2.75) is 20.3 Å². The summed E-state index contributed by atoms with van der Waals surface area (Å²) in [5.41, 5.74) is 8.73. The first kappa shape index (κ1) is 11.4. The van der Waals surface area contributed by atoms with E-state index in [0.717, 1.165) is 17.8 Å². The molecule has 86 valence electrons. The van der Waals surface area contributed by atoms with Gasteiger partial charge in [0.1, 0.15) is 0 Å². The summed E-state index contributed by atoms with van der Waals surface area (Å²) in [6, 6.07) is 3.80. The molecule has 0 amide bonds. The lowest BCUT2D eigenvalue weighted by molar-refractivity contribution is 0.580. The van der Waals surface area contributed by atoms with Crippen molar-refractivity contribution in [2.24, 2.45) is 11.7 Å². The van der Waals surface area contributed by atoms with Crippen LogP contribution in [0.15, 0.2) is 18.3 Å². The van der Waals surface area contributed by atoms with E-state index in [1.807, 2.05) is 25.3 Å². The second-order valence-electron chi connectivity index (χ2n) is 4.24. The van der Waals surface area contributed by atoms with Gasteiger partial charge in [-0.25, -0.2) is 4.98 Å². The van der Waals surface area contributed by atoms with Crippen LogP contribution in [0.1, 0.15) is 18.3 Å². The fraction of sp³-hybridized carbons (Fsp3) is 0.417. The first-order chi connectivity index (χ1) is 7.63. The molecule has 2 N–H and O–H groups in total. The van der Waals surface area contributed by atoms with Crippen molar-refractivity contribution in [1.82, 2.24) is 9.38 Å². The van der Waals surface area contributed by atoms with Crippen molar-refractivity contribution in [3.05, 3.63) is 34.7 Å². The molecular formula is C12H16ClN3. The lowest BCUT2D eigenvalue weighted by Gasteiger charge is -2.08. The van der Waals surface area contributed by atoms with Crippen molar-refractivity contribution in [2.75, 3.05) is 6.54 Å². The van der Waals surface area contributed by atoms with Gasteiger partial charge in [0.05, 0.1) is 10.7 Å². The minimum Gasteiger partial charge on any atom is -0.330 e. The number of aromatic nitrogens is 2. The summed E-state index contributed by atoms with van der Waals surface area (Å²) >= 11 is 6.10. The second-order valence-corrected chi connectivity index (χ2v) is 4.65. The molecule has 2 rings (SSSR count). The molecule has 16 heavy (non-hydrogen) atoms. The summed E-state index contributed by atoms with van der Waals surface area (Å²) in [5.74, 6) is 0.456. The Morgan fingerprint density at radius 3 is 3.00 bits per heavy atom. The Hall–Kier alpha value is -1.06. The predicted octanol–water partition coefficient (Wildman–Crippen LogP) is 2.43. The van der Waals surface area contributed by atoms with E-state index in [9.17, 15) is 0 Å². The summed E-state index contributed by atoms with van der Waals surface area (Å²) in [6.07, 6.45) is 2.93. The fourth-order valence-electron chi connectivity index (χ4n) is 1.86. The van der Waals surface area contributed by atoms with Crippen LogP contribution >= 0.6 is 11.6 Å². The summed E-state index contributed by atoms with van der Waals surface area (Å²) in [4.78, 5) is 4.49. The van der Waals surface area contributed by atoms with E-state index in [0.29, 0.717) is 17.5 Å². The molecule has 0 fully saturated rings. The molecule has 0 aliphatic heterocycles. The van der Waals surface area contributed by atoms with Gasteiger partial charge in [-0.1, -0.05) is 18.5 Å². The number of rotatable bonds is 3. The quantitative estimate of drug-likeness (QED) is 0.891. The first-order valence-electron chi connectivity index (χ1n) is 5.45. The molecule has 3 nitrogen and oxygen atoms in total. The molecular weight excluding hydrogens is 222 g/mol. The molecule has 0 saturated carbocycles. The van der Waals surface area contributed by atoms with Gasteiger partial charge in [-0.2, -0.15) is 0 Å². The molecule has 0 aliphatic carbocycles. The highest BCUT2D eigenvalue weighted by atomic mass is 35.5.